The Morgan fingerprint density at radius 1 is 1.28 bits per heavy atom. The normalized spacial score (nSPS) is 20.1. The first-order valence-electron chi connectivity index (χ1n) is 7.28. The van der Waals surface area contributed by atoms with Crippen molar-refractivity contribution >= 4 is 5.91 Å². The molecule has 1 unspecified atom stereocenters. The van der Waals surface area contributed by atoms with Crippen LogP contribution in [0.1, 0.15) is 51.9 Å². The van der Waals surface area contributed by atoms with Crippen LogP contribution < -0.4 is 0 Å². The minimum absolute atomic E-state index is 0.000791. The van der Waals surface area contributed by atoms with Gasteiger partial charge in [-0.25, -0.2) is 0 Å². The van der Waals surface area contributed by atoms with Crippen LogP contribution in [0.2, 0.25) is 0 Å². The van der Waals surface area contributed by atoms with Gasteiger partial charge < -0.3 is 14.7 Å². The molecule has 1 rings (SSSR count). The van der Waals surface area contributed by atoms with E-state index in [0.29, 0.717) is 26.1 Å². The summed E-state index contributed by atoms with van der Waals surface area (Å²) in [6.45, 7) is 3.98. The molecule has 1 saturated heterocycles. The van der Waals surface area contributed by atoms with Gasteiger partial charge in [-0.2, -0.15) is 0 Å². The summed E-state index contributed by atoms with van der Waals surface area (Å²) in [6.07, 6.45) is 7.68. The summed E-state index contributed by atoms with van der Waals surface area (Å²) in [4.78, 5) is 13.8. The maximum absolute atomic E-state index is 11.9. The number of nitrogens with zero attached hydrogens (tertiary/aromatic N) is 1. The lowest BCUT2D eigenvalue weighted by Gasteiger charge is -2.32. The molecule has 1 atom stereocenters. The van der Waals surface area contributed by atoms with Crippen molar-refractivity contribution in [2.45, 2.75) is 58.0 Å². The molecule has 18 heavy (non-hydrogen) atoms. The van der Waals surface area contributed by atoms with Gasteiger partial charge in [0.2, 0.25) is 5.91 Å². The SMILES string of the molecule is CCCCCCCCC(=O)N1CCOC(CO)C1. The van der Waals surface area contributed by atoms with Crippen LogP contribution in [0.5, 0.6) is 0 Å². The third-order valence-electron chi connectivity index (χ3n) is 3.44. The van der Waals surface area contributed by atoms with Gasteiger partial charge in [-0.15, -0.1) is 0 Å². The molecule has 0 aliphatic carbocycles. The first-order valence-corrected chi connectivity index (χ1v) is 7.28. The fourth-order valence-electron chi connectivity index (χ4n) is 2.27. The number of rotatable bonds is 8. The number of carbonyl (C=O) groups excluding carboxylic acids is 1. The molecule has 0 aromatic heterocycles. The number of aliphatic hydroxyl groups is 1. The van der Waals surface area contributed by atoms with E-state index >= 15 is 0 Å². The molecule has 0 spiro atoms. The Kier molecular flexibility index (Phi) is 8.01. The van der Waals surface area contributed by atoms with Crippen molar-refractivity contribution in [1.29, 1.82) is 0 Å². The Hall–Kier alpha value is -0.610. The van der Waals surface area contributed by atoms with Gasteiger partial charge in [0, 0.05) is 19.5 Å². The predicted octanol–water partition coefficient (Wildman–Crippen LogP) is 1.96. The Morgan fingerprint density at radius 3 is 2.72 bits per heavy atom. The summed E-state index contributed by atoms with van der Waals surface area (Å²) < 4.78 is 5.33. The van der Waals surface area contributed by atoms with Crippen molar-refractivity contribution in [3.8, 4) is 0 Å². The van der Waals surface area contributed by atoms with Gasteiger partial charge in [0.05, 0.1) is 19.3 Å². The van der Waals surface area contributed by atoms with Crippen molar-refractivity contribution in [2.75, 3.05) is 26.3 Å². The molecule has 0 radical (unpaired) electrons. The Labute approximate surface area is 110 Å². The molecular weight excluding hydrogens is 230 g/mol. The first kappa shape index (κ1) is 15.4. The molecule has 1 aliphatic heterocycles. The van der Waals surface area contributed by atoms with E-state index in [1.165, 1.54) is 25.7 Å². The fraction of sp³-hybridized carbons (Fsp3) is 0.929. The average molecular weight is 257 g/mol. The zero-order chi connectivity index (χ0) is 13.2. The van der Waals surface area contributed by atoms with Gasteiger partial charge in [0.15, 0.2) is 0 Å². The number of hydrogen-bond acceptors (Lipinski definition) is 3. The van der Waals surface area contributed by atoms with Gasteiger partial charge in [0.1, 0.15) is 0 Å². The standard InChI is InChI=1S/C14H27NO3/c1-2-3-4-5-6-7-8-14(17)15-9-10-18-13(11-15)12-16/h13,16H,2-12H2,1H3. The van der Waals surface area contributed by atoms with E-state index in [0.717, 1.165) is 12.8 Å². The summed E-state index contributed by atoms with van der Waals surface area (Å²) in [6, 6.07) is 0. The van der Waals surface area contributed by atoms with E-state index in [9.17, 15) is 4.79 Å². The Morgan fingerprint density at radius 2 is 2.00 bits per heavy atom. The number of morpholine rings is 1. The minimum atomic E-state index is -0.188. The second-order valence-electron chi connectivity index (χ2n) is 5.03. The monoisotopic (exact) mass is 257 g/mol. The van der Waals surface area contributed by atoms with Crippen LogP contribution >= 0.6 is 0 Å². The molecule has 4 nitrogen and oxygen atoms in total. The van der Waals surface area contributed by atoms with Crippen LogP contribution in [0.15, 0.2) is 0 Å². The highest BCUT2D eigenvalue weighted by Gasteiger charge is 2.22. The van der Waals surface area contributed by atoms with Crippen LogP contribution in [0.25, 0.3) is 0 Å². The van der Waals surface area contributed by atoms with Crippen molar-refractivity contribution in [2.24, 2.45) is 0 Å². The van der Waals surface area contributed by atoms with E-state index in [2.05, 4.69) is 6.92 Å². The third-order valence-corrected chi connectivity index (χ3v) is 3.44. The van der Waals surface area contributed by atoms with Crippen molar-refractivity contribution < 1.29 is 14.6 Å². The van der Waals surface area contributed by atoms with E-state index < -0.39 is 0 Å². The third kappa shape index (κ3) is 5.83. The number of unbranched alkanes of at least 4 members (excludes halogenated alkanes) is 5. The molecule has 106 valence electrons. The Bertz CT molecular complexity index is 233. The number of aliphatic hydroxyl groups excluding tert-OH is 1. The summed E-state index contributed by atoms with van der Waals surface area (Å²) in [5.74, 6) is 0.215. The molecule has 0 bridgehead atoms. The maximum Gasteiger partial charge on any atom is 0.222 e. The second-order valence-corrected chi connectivity index (χ2v) is 5.03. The average Bonchev–Trinajstić information content (AvgIpc) is 2.42. The zero-order valence-electron chi connectivity index (χ0n) is 11.6. The van der Waals surface area contributed by atoms with Crippen LogP contribution in [0.4, 0.5) is 0 Å². The summed E-state index contributed by atoms with van der Waals surface area (Å²) in [5.41, 5.74) is 0. The largest absolute Gasteiger partial charge is 0.394 e. The smallest absolute Gasteiger partial charge is 0.222 e. The molecule has 1 heterocycles. The number of amides is 1. The molecule has 1 amide bonds. The van der Waals surface area contributed by atoms with Crippen molar-refractivity contribution in [3.05, 3.63) is 0 Å². The van der Waals surface area contributed by atoms with Gasteiger partial charge in [-0.1, -0.05) is 39.0 Å². The van der Waals surface area contributed by atoms with Crippen LogP contribution in [0.3, 0.4) is 0 Å². The lowest BCUT2D eigenvalue weighted by Crippen LogP contribution is -2.46. The highest BCUT2D eigenvalue weighted by molar-refractivity contribution is 5.76. The predicted molar refractivity (Wildman–Crippen MR) is 71.4 cm³/mol. The number of ether oxygens (including phenoxy) is 1. The Balaban J connectivity index is 2.08. The lowest BCUT2D eigenvalue weighted by molar-refractivity contribution is -0.140. The lowest BCUT2D eigenvalue weighted by atomic mass is 10.1. The molecule has 1 aliphatic rings. The second kappa shape index (κ2) is 9.34. The topological polar surface area (TPSA) is 49.8 Å². The van der Waals surface area contributed by atoms with E-state index in [-0.39, 0.29) is 18.6 Å². The van der Waals surface area contributed by atoms with Crippen LogP contribution in [-0.2, 0) is 9.53 Å². The van der Waals surface area contributed by atoms with Gasteiger partial charge in [-0.3, -0.25) is 4.79 Å². The molecule has 1 fully saturated rings. The molecule has 0 saturated carbocycles. The van der Waals surface area contributed by atoms with Crippen LogP contribution in [0, 0.1) is 0 Å². The number of hydrogen-bond donors (Lipinski definition) is 1. The van der Waals surface area contributed by atoms with Crippen molar-refractivity contribution in [3.63, 3.8) is 0 Å². The molecule has 0 aromatic carbocycles. The van der Waals surface area contributed by atoms with Gasteiger partial charge in [0.25, 0.3) is 0 Å². The van der Waals surface area contributed by atoms with Gasteiger partial charge in [-0.05, 0) is 6.42 Å². The van der Waals surface area contributed by atoms with Crippen LogP contribution in [-0.4, -0.2) is 48.3 Å². The first-order chi connectivity index (χ1) is 8.77. The minimum Gasteiger partial charge on any atom is -0.394 e. The molecule has 4 heteroatoms. The molecule has 0 aromatic rings. The van der Waals surface area contributed by atoms with E-state index in [4.69, 9.17) is 9.84 Å². The maximum atomic E-state index is 11.9. The highest BCUT2D eigenvalue weighted by atomic mass is 16.5. The fourth-order valence-corrected chi connectivity index (χ4v) is 2.27. The van der Waals surface area contributed by atoms with Crippen molar-refractivity contribution in [1.82, 2.24) is 4.90 Å². The summed E-state index contributed by atoms with van der Waals surface area (Å²) in [7, 11) is 0. The van der Waals surface area contributed by atoms with Gasteiger partial charge >= 0.3 is 0 Å². The molecule has 1 N–H and O–H groups in total. The highest BCUT2D eigenvalue weighted by Crippen LogP contribution is 2.11. The summed E-state index contributed by atoms with van der Waals surface area (Å²) in [5, 5.41) is 9.02. The van der Waals surface area contributed by atoms with E-state index in [1.807, 2.05) is 4.90 Å². The molecular formula is C14H27NO3. The summed E-state index contributed by atoms with van der Waals surface area (Å²) >= 11 is 0. The quantitative estimate of drug-likeness (QED) is 0.676. The zero-order valence-corrected chi connectivity index (χ0v) is 11.6. The number of carbonyl (C=O) groups is 1. The van der Waals surface area contributed by atoms with E-state index in [1.54, 1.807) is 0 Å².